The van der Waals surface area contributed by atoms with Crippen molar-refractivity contribution in [1.29, 1.82) is 0 Å². The van der Waals surface area contributed by atoms with Gasteiger partial charge in [0.15, 0.2) is 0 Å². The molecule has 1 saturated heterocycles. The molecule has 0 saturated carbocycles. The van der Waals surface area contributed by atoms with Crippen LogP contribution in [-0.4, -0.2) is 36.7 Å². The van der Waals surface area contributed by atoms with Crippen molar-refractivity contribution < 1.29 is 9.53 Å². The minimum atomic E-state index is -0.136. The molecule has 21 heavy (non-hydrogen) atoms. The number of nitrogens with one attached hydrogen (secondary N) is 2. The molecule has 0 aliphatic carbocycles. The van der Waals surface area contributed by atoms with Crippen LogP contribution in [0.15, 0.2) is 18.3 Å². The van der Waals surface area contributed by atoms with Crippen LogP contribution in [0.3, 0.4) is 0 Å². The Morgan fingerprint density at radius 3 is 3.00 bits per heavy atom. The van der Waals surface area contributed by atoms with Crippen LogP contribution in [0.25, 0.3) is 0 Å². The highest BCUT2D eigenvalue weighted by Gasteiger charge is 2.16. The van der Waals surface area contributed by atoms with Crippen molar-refractivity contribution in [2.45, 2.75) is 45.1 Å². The Hall–Kier alpha value is -1.62. The fourth-order valence-corrected chi connectivity index (χ4v) is 2.34. The summed E-state index contributed by atoms with van der Waals surface area (Å²) < 4.78 is 5.48. The molecule has 0 bridgehead atoms. The van der Waals surface area contributed by atoms with Gasteiger partial charge in [-0.05, 0) is 31.4 Å². The van der Waals surface area contributed by atoms with Gasteiger partial charge in [-0.1, -0.05) is 19.8 Å². The number of unbranched alkanes of at least 4 members (excludes halogenated alkanes) is 2. The van der Waals surface area contributed by atoms with Crippen LogP contribution in [0.5, 0.6) is 0 Å². The molecule has 1 atom stereocenters. The van der Waals surface area contributed by atoms with Gasteiger partial charge in [-0.25, -0.2) is 4.98 Å². The highest BCUT2D eigenvalue weighted by atomic mass is 16.5. The highest BCUT2D eigenvalue weighted by Crippen LogP contribution is 2.11. The summed E-state index contributed by atoms with van der Waals surface area (Å²) in [6.45, 7) is 4.50. The minimum Gasteiger partial charge on any atom is -0.384 e. The molecular formula is C16H25N3O2. The highest BCUT2D eigenvalue weighted by molar-refractivity contribution is 5.92. The van der Waals surface area contributed by atoms with E-state index in [0.29, 0.717) is 12.2 Å². The van der Waals surface area contributed by atoms with Crippen LogP contribution in [0.1, 0.15) is 49.5 Å². The van der Waals surface area contributed by atoms with E-state index in [9.17, 15) is 4.79 Å². The van der Waals surface area contributed by atoms with Gasteiger partial charge in [0, 0.05) is 19.7 Å². The Morgan fingerprint density at radius 2 is 2.33 bits per heavy atom. The van der Waals surface area contributed by atoms with Crippen LogP contribution in [0.4, 0.5) is 5.69 Å². The first-order chi connectivity index (χ1) is 10.3. The fourth-order valence-electron chi connectivity index (χ4n) is 2.34. The van der Waals surface area contributed by atoms with Crippen LogP contribution in [-0.2, 0) is 4.74 Å². The SMILES string of the molecule is CCCCCNc1ccc(C(=O)NCC2CCCO2)nc1. The van der Waals surface area contributed by atoms with Crippen molar-refractivity contribution >= 4 is 11.6 Å². The summed E-state index contributed by atoms with van der Waals surface area (Å²) in [5, 5.41) is 6.18. The van der Waals surface area contributed by atoms with Crippen LogP contribution < -0.4 is 10.6 Å². The zero-order valence-electron chi connectivity index (χ0n) is 12.7. The standard InChI is InChI=1S/C16H25N3O2/c1-2-3-4-9-17-13-7-8-15(18-11-13)16(20)19-12-14-6-5-10-21-14/h7-8,11,14,17H,2-6,9-10,12H2,1H3,(H,19,20). The normalized spacial score (nSPS) is 17.7. The van der Waals surface area contributed by atoms with Gasteiger partial charge in [0.1, 0.15) is 5.69 Å². The lowest BCUT2D eigenvalue weighted by Gasteiger charge is -2.11. The van der Waals surface area contributed by atoms with Crippen LogP contribution in [0, 0.1) is 0 Å². The smallest absolute Gasteiger partial charge is 0.269 e. The number of nitrogens with zero attached hydrogens (tertiary/aromatic N) is 1. The van der Waals surface area contributed by atoms with E-state index >= 15 is 0 Å². The lowest BCUT2D eigenvalue weighted by molar-refractivity contribution is 0.0854. The lowest BCUT2D eigenvalue weighted by Crippen LogP contribution is -2.32. The van der Waals surface area contributed by atoms with E-state index in [1.54, 1.807) is 12.3 Å². The fraction of sp³-hybridized carbons (Fsp3) is 0.625. The molecule has 0 spiro atoms. The van der Waals surface area contributed by atoms with Gasteiger partial charge in [-0.3, -0.25) is 4.79 Å². The van der Waals surface area contributed by atoms with Gasteiger partial charge in [-0.15, -0.1) is 0 Å². The molecule has 1 aromatic heterocycles. The Bertz CT molecular complexity index is 428. The third kappa shape index (κ3) is 5.34. The summed E-state index contributed by atoms with van der Waals surface area (Å²) >= 11 is 0. The number of ether oxygens (including phenoxy) is 1. The maximum atomic E-state index is 12.0. The summed E-state index contributed by atoms with van der Waals surface area (Å²) in [6.07, 6.45) is 7.57. The van der Waals surface area contributed by atoms with Crippen molar-refractivity contribution in [3.63, 3.8) is 0 Å². The summed E-state index contributed by atoms with van der Waals surface area (Å²) in [7, 11) is 0. The second-order valence-electron chi connectivity index (χ2n) is 5.41. The number of carbonyl (C=O) groups excluding carboxylic acids is 1. The Balaban J connectivity index is 1.73. The van der Waals surface area contributed by atoms with Crippen molar-refractivity contribution in [2.24, 2.45) is 0 Å². The second-order valence-corrected chi connectivity index (χ2v) is 5.41. The first-order valence-corrected chi connectivity index (χ1v) is 7.89. The molecule has 1 fully saturated rings. The third-order valence-corrected chi connectivity index (χ3v) is 3.62. The monoisotopic (exact) mass is 291 g/mol. The molecule has 0 radical (unpaired) electrons. The number of hydrogen-bond donors (Lipinski definition) is 2. The Labute approximate surface area is 126 Å². The van der Waals surface area contributed by atoms with Crippen molar-refractivity contribution in [3.05, 3.63) is 24.0 Å². The first kappa shape index (κ1) is 15.8. The molecule has 5 heteroatoms. The molecule has 1 amide bonds. The molecule has 116 valence electrons. The number of pyridine rings is 1. The number of rotatable bonds is 8. The zero-order valence-corrected chi connectivity index (χ0v) is 12.7. The predicted octanol–water partition coefficient (Wildman–Crippen LogP) is 2.59. The molecule has 2 heterocycles. The average Bonchev–Trinajstić information content (AvgIpc) is 3.03. The van der Waals surface area contributed by atoms with E-state index in [-0.39, 0.29) is 12.0 Å². The van der Waals surface area contributed by atoms with E-state index in [4.69, 9.17) is 4.74 Å². The molecule has 1 aliphatic heterocycles. The summed E-state index contributed by atoms with van der Waals surface area (Å²) in [4.78, 5) is 16.2. The third-order valence-electron chi connectivity index (χ3n) is 3.62. The van der Waals surface area contributed by atoms with Gasteiger partial charge in [-0.2, -0.15) is 0 Å². The first-order valence-electron chi connectivity index (χ1n) is 7.89. The number of aromatic nitrogens is 1. The molecule has 5 nitrogen and oxygen atoms in total. The van der Waals surface area contributed by atoms with Crippen LogP contribution in [0.2, 0.25) is 0 Å². The second kappa shape index (κ2) is 8.62. The van der Waals surface area contributed by atoms with Gasteiger partial charge in [0.25, 0.3) is 5.91 Å². The van der Waals surface area contributed by atoms with Gasteiger partial charge >= 0.3 is 0 Å². The summed E-state index contributed by atoms with van der Waals surface area (Å²) in [5.74, 6) is -0.136. The molecule has 2 rings (SSSR count). The van der Waals surface area contributed by atoms with E-state index in [0.717, 1.165) is 38.1 Å². The van der Waals surface area contributed by atoms with E-state index in [1.165, 1.54) is 12.8 Å². The van der Waals surface area contributed by atoms with Gasteiger partial charge < -0.3 is 15.4 Å². The molecule has 1 aromatic rings. The number of amides is 1. The van der Waals surface area contributed by atoms with Crippen molar-refractivity contribution in [1.82, 2.24) is 10.3 Å². The average molecular weight is 291 g/mol. The Morgan fingerprint density at radius 1 is 1.43 bits per heavy atom. The van der Waals surface area contributed by atoms with E-state index in [2.05, 4.69) is 22.5 Å². The molecule has 2 N–H and O–H groups in total. The van der Waals surface area contributed by atoms with E-state index < -0.39 is 0 Å². The van der Waals surface area contributed by atoms with Crippen LogP contribution >= 0.6 is 0 Å². The predicted molar refractivity (Wildman–Crippen MR) is 83.6 cm³/mol. The number of anilines is 1. The largest absolute Gasteiger partial charge is 0.384 e. The molecule has 1 aliphatic rings. The summed E-state index contributed by atoms with van der Waals surface area (Å²) in [5.41, 5.74) is 1.41. The molecule has 0 aromatic carbocycles. The lowest BCUT2D eigenvalue weighted by atomic mass is 10.2. The summed E-state index contributed by atoms with van der Waals surface area (Å²) in [6, 6.07) is 3.66. The minimum absolute atomic E-state index is 0.136. The molecule has 1 unspecified atom stereocenters. The Kier molecular flexibility index (Phi) is 6.47. The quantitative estimate of drug-likeness (QED) is 0.723. The topological polar surface area (TPSA) is 63.2 Å². The zero-order chi connectivity index (χ0) is 14.9. The maximum Gasteiger partial charge on any atom is 0.269 e. The number of hydrogen-bond acceptors (Lipinski definition) is 4. The maximum absolute atomic E-state index is 12.0. The number of carbonyl (C=O) groups is 1. The van der Waals surface area contributed by atoms with Gasteiger partial charge in [0.05, 0.1) is 18.0 Å². The molecular weight excluding hydrogens is 266 g/mol. The van der Waals surface area contributed by atoms with Crippen molar-refractivity contribution in [2.75, 3.05) is 25.0 Å². The van der Waals surface area contributed by atoms with E-state index in [1.807, 2.05) is 6.07 Å². The van der Waals surface area contributed by atoms with Crippen molar-refractivity contribution in [3.8, 4) is 0 Å². The van der Waals surface area contributed by atoms with Gasteiger partial charge in [0.2, 0.25) is 0 Å².